The predicted octanol–water partition coefficient (Wildman–Crippen LogP) is 3.22. The minimum Gasteiger partial charge on any atom is -0.496 e. The summed E-state index contributed by atoms with van der Waals surface area (Å²) in [5.41, 5.74) is 8.51. The molecule has 0 heterocycles. The lowest BCUT2D eigenvalue weighted by Gasteiger charge is -2.14. The topological polar surface area (TPSA) is 35.2 Å². The summed E-state index contributed by atoms with van der Waals surface area (Å²) in [6, 6.07) is 1.91. The molecule has 0 unspecified atom stereocenters. The maximum Gasteiger partial charge on any atom is 0.129 e. The van der Waals surface area contributed by atoms with E-state index in [4.69, 9.17) is 22.1 Å². The van der Waals surface area contributed by atoms with Crippen LogP contribution in [0, 0.1) is 6.92 Å². The molecule has 2 nitrogen and oxygen atoms in total. The van der Waals surface area contributed by atoms with Gasteiger partial charge >= 0.3 is 0 Å². The van der Waals surface area contributed by atoms with Crippen LogP contribution in [0.4, 0.5) is 0 Å². The van der Waals surface area contributed by atoms with Crippen LogP contribution < -0.4 is 10.5 Å². The SMILES string of the molecule is C=Cc1c(C)c(Cl)cc(CCN)c1OC.Cl. The molecule has 0 amide bonds. The van der Waals surface area contributed by atoms with Gasteiger partial charge in [-0.1, -0.05) is 24.3 Å². The van der Waals surface area contributed by atoms with Gasteiger partial charge in [0.05, 0.1) is 7.11 Å². The zero-order chi connectivity index (χ0) is 11.4. The highest BCUT2D eigenvalue weighted by Gasteiger charge is 2.12. The van der Waals surface area contributed by atoms with Gasteiger partial charge in [0, 0.05) is 10.6 Å². The van der Waals surface area contributed by atoms with Crippen molar-refractivity contribution in [1.29, 1.82) is 0 Å². The van der Waals surface area contributed by atoms with Crippen LogP contribution >= 0.6 is 24.0 Å². The van der Waals surface area contributed by atoms with Gasteiger partial charge in [0.25, 0.3) is 0 Å². The largest absolute Gasteiger partial charge is 0.496 e. The van der Waals surface area contributed by atoms with Crippen LogP contribution in [-0.2, 0) is 6.42 Å². The van der Waals surface area contributed by atoms with Crippen LogP contribution in [0.25, 0.3) is 6.08 Å². The summed E-state index contributed by atoms with van der Waals surface area (Å²) in [5.74, 6) is 0.831. The Morgan fingerprint density at radius 1 is 1.56 bits per heavy atom. The van der Waals surface area contributed by atoms with Crippen molar-refractivity contribution in [3.05, 3.63) is 34.4 Å². The number of methoxy groups -OCH3 is 1. The molecule has 2 N–H and O–H groups in total. The molecular formula is C12H17Cl2NO. The van der Waals surface area contributed by atoms with Gasteiger partial charge < -0.3 is 10.5 Å². The van der Waals surface area contributed by atoms with E-state index in [1.165, 1.54) is 0 Å². The molecule has 0 bridgehead atoms. The van der Waals surface area contributed by atoms with E-state index < -0.39 is 0 Å². The Hall–Kier alpha value is -0.700. The maximum atomic E-state index is 6.12. The van der Waals surface area contributed by atoms with Crippen molar-refractivity contribution < 1.29 is 4.74 Å². The van der Waals surface area contributed by atoms with Crippen LogP contribution in [-0.4, -0.2) is 13.7 Å². The van der Waals surface area contributed by atoms with Crippen molar-refractivity contribution in [3.8, 4) is 5.75 Å². The third kappa shape index (κ3) is 2.91. The summed E-state index contributed by atoms with van der Waals surface area (Å²) in [4.78, 5) is 0. The number of hydrogen-bond acceptors (Lipinski definition) is 2. The fraction of sp³-hybridized carbons (Fsp3) is 0.333. The molecule has 0 aliphatic heterocycles. The van der Waals surface area contributed by atoms with E-state index in [2.05, 4.69) is 6.58 Å². The van der Waals surface area contributed by atoms with Gasteiger partial charge in [0.2, 0.25) is 0 Å². The van der Waals surface area contributed by atoms with E-state index in [-0.39, 0.29) is 12.4 Å². The lowest BCUT2D eigenvalue weighted by molar-refractivity contribution is 0.408. The first-order valence-corrected chi connectivity index (χ1v) is 5.22. The molecule has 0 spiro atoms. The maximum absolute atomic E-state index is 6.12. The molecule has 90 valence electrons. The molecule has 1 aromatic carbocycles. The van der Waals surface area contributed by atoms with E-state index in [0.29, 0.717) is 6.54 Å². The molecule has 0 aromatic heterocycles. The minimum atomic E-state index is 0. The molecule has 16 heavy (non-hydrogen) atoms. The van der Waals surface area contributed by atoms with Crippen LogP contribution in [0.15, 0.2) is 12.6 Å². The summed E-state index contributed by atoms with van der Waals surface area (Å²) < 4.78 is 5.37. The Morgan fingerprint density at radius 2 is 2.19 bits per heavy atom. The quantitative estimate of drug-likeness (QED) is 0.904. The number of rotatable bonds is 4. The second-order valence-electron chi connectivity index (χ2n) is 3.33. The molecule has 0 saturated heterocycles. The van der Waals surface area contributed by atoms with Crippen molar-refractivity contribution >= 4 is 30.1 Å². The second-order valence-corrected chi connectivity index (χ2v) is 3.74. The fourth-order valence-electron chi connectivity index (χ4n) is 1.63. The van der Waals surface area contributed by atoms with Gasteiger partial charge in [-0.25, -0.2) is 0 Å². The lowest BCUT2D eigenvalue weighted by atomic mass is 10.0. The molecule has 1 aromatic rings. The predicted molar refractivity (Wildman–Crippen MR) is 72.8 cm³/mol. The summed E-state index contributed by atoms with van der Waals surface area (Å²) >= 11 is 6.12. The molecule has 0 saturated carbocycles. The van der Waals surface area contributed by atoms with Crippen LogP contribution in [0.3, 0.4) is 0 Å². The van der Waals surface area contributed by atoms with Gasteiger partial charge in [-0.2, -0.15) is 0 Å². The first-order valence-electron chi connectivity index (χ1n) is 4.84. The van der Waals surface area contributed by atoms with E-state index in [1.807, 2.05) is 13.0 Å². The zero-order valence-corrected chi connectivity index (χ0v) is 11.1. The molecule has 4 heteroatoms. The monoisotopic (exact) mass is 261 g/mol. The van der Waals surface area contributed by atoms with Gasteiger partial charge in [-0.3, -0.25) is 0 Å². The van der Waals surface area contributed by atoms with Gasteiger partial charge in [-0.15, -0.1) is 12.4 Å². The number of benzene rings is 1. The second kappa shape index (κ2) is 6.79. The van der Waals surface area contributed by atoms with Crippen molar-refractivity contribution in [3.63, 3.8) is 0 Å². The summed E-state index contributed by atoms with van der Waals surface area (Å²) in [5, 5.41) is 0.731. The molecule has 1 rings (SSSR count). The molecule has 0 fully saturated rings. The lowest BCUT2D eigenvalue weighted by Crippen LogP contribution is -2.06. The van der Waals surface area contributed by atoms with Gasteiger partial charge in [0.1, 0.15) is 5.75 Å². The minimum absolute atomic E-state index is 0. The standard InChI is InChI=1S/C12H16ClNO.ClH/c1-4-10-8(2)11(13)7-9(5-6-14)12(10)15-3;/h4,7H,1,5-6,14H2,2-3H3;1H. The zero-order valence-electron chi connectivity index (χ0n) is 9.55. The third-order valence-corrected chi connectivity index (χ3v) is 2.81. The first-order chi connectivity index (χ1) is 7.15. The highest BCUT2D eigenvalue weighted by molar-refractivity contribution is 6.31. The average Bonchev–Trinajstić information content (AvgIpc) is 2.23. The van der Waals surface area contributed by atoms with Crippen molar-refractivity contribution in [1.82, 2.24) is 0 Å². The summed E-state index contributed by atoms with van der Waals surface area (Å²) in [6.07, 6.45) is 2.52. The summed E-state index contributed by atoms with van der Waals surface area (Å²) in [7, 11) is 1.65. The van der Waals surface area contributed by atoms with Crippen LogP contribution in [0.2, 0.25) is 5.02 Å². The third-order valence-electron chi connectivity index (χ3n) is 2.42. The smallest absolute Gasteiger partial charge is 0.129 e. The Kier molecular flexibility index (Phi) is 6.49. The number of nitrogens with two attached hydrogens (primary N) is 1. The Labute approximate surface area is 108 Å². The Morgan fingerprint density at radius 3 is 2.62 bits per heavy atom. The fourth-order valence-corrected chi connectivity index (χ4v) is 1.86. The number of ether oxygens (including phenoxy) is 1. The number of hydrogen-bond donors (Lipinski definition) is 1. The van der Waals surface area contributed by atoms with E-state index in [9.17, 15) is 0 Å². The van der Waals surface area contributed by atoms with Crippen LogP contribution in [0.1, 0.15) is 16.7 Å². The van der Waals surface area contributed by atoms with Crippen molar-refractivity contribution in [2.45, 2.75) is 13.3 Å². The highest BCUT2D eigenvalue weighted by atomic mass is 35.5. The molecule has 0 radical (unpaired) electrons. The van der Waals surface area contributed by atoms with E-state index in [1.54, 1.807) is 13.2 Å². The Bertz CT molecular complexity index is 378. The molecule has 0 atom stereocenters. The molecule has 0 aliphatic rings. The van der Waals surface area contributed by atoms with E-state index in [0.717, 1.165) is 33.9 Å². The molecular weight excluding hydrogens is 245 g/mol. The van der Waals surface area contributed by atoms with Gasteiger partial charge in [0.15, 0.2) is 0 Å². The van der Waals surface area contributed by atoms with E-state index >= 15 is 0 Å². The van der Waals surface area contributed by atoms with Crippen molar-refractivity contribution in [2.24, 2.45) is 5.73 Å². The van der Waals surface area contributed by atoms with Crippen molar-refractivity contribution in [2.75, 3.05) is 13.7 Å². The van der Waals surface area contributed by atoms with Gasteiger partial charge in [-0.05, 0) is 37.1 Å². The molecule has 0 aliphatic carbocycles. The normalized spacial score (nSPS) is 9.50. The number of halogens is 2. The average molecular weight is 262 g/mol. The van der Waals surface area contributed by atoms with Crippen LogP contribution in [0.5, 0.6) is 5.75 Å². The first kappa shape index (κ1) is 15.3. The summed E-state index contributed by atoms with van der Waals surface area (Å²) in [6.45, 7) is 6.30. The highest BCUT2D eigenvalue weighted by Crippen LogP contribution is 2.33. The Balaban J connectivity index is 0.00000225.